The van der Waals surface area contributed by atoms with Crippen LogP contribution in [0.5, 0.6) is 11.5 Å². The average Bonchev–Trinajstić information content (AvgIpc) is 3.89. The number of benzene rings is 4. The second kappa shape index (κ2) is 9.37. The number of hydrogen-bond donors (Lipinski definition) is 0. The quantitative estimate of drug-likeness (QED) is 0.273. The summed E-state index contributed by atoms with van der Waals surface area (Å²) in [6.07, 6.45) is 1.41. The number of ether oxygens (including phenoxy) is 4. The van der Waals surface area contributed by atoms with Gasteiger partial charge in [0, 0.05) is 11.3 Å². The second-order valence-corrected chi connectivity index (χ2v) is 10.3. The van der Waals surface area contributed by atoms with Crippen LogP contribution >= 0.6 is 0 Å². The molecule has 4 aromatic carbocycles. The zero-order valence-corrected chi connectivity index (χ0v) is 20.7. The van der Waals surface area contributed by atoms with Gasteiger partial charge >= 0.3 is 0 Å². The van der Waals surface area contributed by atoms with Crippen LogP contribution in [0, 0.1) is 0 Å². The molecule has 2 aliphatic heterocycles. The molecule has 3 unspecified atom stereocenters. The van der Waals surface area contributed by atoms with Crippen molar-refractivity contribution in [1.82, 2.24) is 0 Å². The van der Waals surface area contributed by atoms with Crippen LogP contribution in [0.2, 0.25) is 0 Å². The van der Waals surface area contributed by atoms with E-state index >= 15 is 0 Å². The number of fused-ring (bicyclic) bond motifs is 1. The van der Waals surface area contributed by atoms with E-state index in [2.05, 4.69) is 103 Å². The van der Waals surface area contributed by atoms with E-state index in [-0.39, 0.29) is 23.5 Å². The molecule has 0 amide bonds. The first-order chi connectivity index (χ1) is 18.3. The first-order valence-corrected chi connectivity index (χ1v) is 13.1. The lowest BCUT2D eigenvalue weighted by molar-refractivity contribution is 0.262. The maximum absolute atomic E-state index is 5.97. The van der Waals surface area contributed by atoms with Gasteiger partial charge in [0.1, 0.15) is 36.9 Å². The molecule has 4 nitrogen and oxygen atoms in total. The number of hydrogen-bond acceptors (Lipinski definition) is 4. The molecule has 0 bridgehead atoms. The molecule has 0 radical (unpaired) electrons. The molecular weight excluding hydrogens is 460 g/mol. The summed E-state index contributed by atoms with van der Waals surface area (Å²) in [7, 11) is 0. The van der Waals surface area contributed by atoms with E-state index in [4.69, 9.17) is 18.9 Å². The summed E-state index contributed by atoms with van der Waals surface area (Å²) in [6, 6.07) is 37.3. The van der Waals surface area contributed by atoms with Crippen LogP contribution in [-0.4, -0.2) is 38.6 Å². The summed E-state index contributed by atoms with van der Waals surface area (Å²) >= 11 is 0. The Balaban J connectivity index is 1.32. The second-order valence-electron chi connectivity index (χ2n) is 10.3. The minimum Gasteiger partial charge on any atom is -0.491 e. The Bertz CT molecular complexity index is 1300. The summed E-state index contributed by atoms with van der Waals surface area (Å²) in [6.45, 7) is 2.81. The third kappa shape index (κ3) is 4.41. The van der Waals surface area contributed by atoms with E-state index in [1.165, 1.54) is 27.8 Å². The van der Waals surface area contributed by atoms with Gasteiger partial charge < -0.3 is 18.9 Å². The number of epoxide rings is 2. The van der Waals surface area contributed by atoms with Crippen LogP contribution in [0.4, 0.5) is 0 Å². The minimum absolute atomic E-state index is 0.183. The fourth-order valence-electron chi connectivity index (χ4n) is 5.86. The third-order valence-corrected chi connectivity index (χ3v) is 7.88. The zero-order valence-electron chi connectivity index (χ0n) is 20.7. The fraction of sp³-hybridized carbons (Fsp3) is 0.273. The average molecular weight is 491 g/mol. The Morgan fingerprint density at radius 2 is 1.14 bits per heavy atom. The third-order valence-electron chi connectivity index (χ3n) is 7.88. The standard InChI is InChI=1S/C33H30O4/c1-2-6-23(7-3-1)32-31-9-5-4-8-24(31)18-33(32,25-10-14-27(15-11-25)34-19-29-21-36-29)26-12-16-28(17-13-26)35-20-30-22-37-30/h1-17,29-30,32H,18-22H2. The highest BCUT2D eigenvalue weighted by atomic mass is 16.6. The molecule has 0 spiro atoms. The van der Waals surface area contributed by atoms with Gasteiger partial charge in [-0.15, -0.1) is 0 Å². The van der Waals surface area contributed by atoms with Gasteiger partial charge in [0.2, 0.25) is 0 Å². The topological polar surface area (TPSA) is 43.5 Å². The van der Waals surface area contributed by atoms with Crippen LogP contribution < -0.4 is 9.47 Å². The van der Waals surface area contributed by atoms with Crippen LogP contribution in [0.15, 0.2) is 103 Å². The van der Waals surface area contributed by atoms with Crippen molar-refractivity contribution in [3.05, 3.63) is 131 Å². The van der Waals surface area contributed by atoms with Gasteiger partial charge in [0.05, 0.1) is 13.2 Å². The summed E-state index contributed by atoms with van der Waals surface area (Å²) < 4.78 is 22.6. The first kappa shape index (κ1) is 22.6. The molecular formula is C33H30O4. The molecule has 0 N–H and O–H groups in total. The van der Waals surface area contributed by atoms with Gasteiger partial charge in [-0.1, -0.05) is 78.9 Å². The Hall–Kier alpha value is -3.60. The van der Waals surface area contributed by atoms with Crippen LogP contribution in [-0.2, 0) is 21.3 Å². The van der Waals surface area contributed by atoms with Gasteiger partial charge in [-0.3, -0.25) is 0 Å². The summed E-state index contributed by atoms with van der Waals surface area (Å²) in [5.41, 5.74) is 6.42. The Kier molecular flexibility index (Phi) is 5.72. The minimum atomic E-state index is -0.263. The van der Waals surface area contributed by atoms with Crippen molar-refractivity contribution in [2.24, 2.45) is 0 Å². The van der Waals surface area contributed by atoms with E-state index in [1.807, 2.05) is 0 Å². The maximum Gasteiger partial charge on any atom is 0.119 e. The normalized spacial score (nSPS) is 25.4. The molecule has 4 heteroatoms. The van der Waals surface area contributed by atoms with Gasteiger partial charge in [-0.05, 0) is 58.5 Å². The first-order valence-electron chi connectivity index (χ1n) is 13.1. The predicted molar refractivity (Wildman–Crippen MR) is 143 cm³/mol. The maximum atomic E-state index is 5.97. The fourth-order valence-corrected chi connectivity index (χ4v) is 5.86. The molecule has 186 valence electrons. The van der Waals surface area contributed by atoms with Gasteiger partial charge in [0.15, 0.2) is 0 Å². The van der Waals surface area contributed by atoms with E-state index in [9.17, 15) is 0 Å². The molecule has 0 aromatic heterocycles. The monoisotopic (exact) mass is 490 g/mol. The van der Waals surface area contributed by atoms with Gasteiger partial charge in [0.25, 0.3) is 0 Å². The van der Waals surface area contributed by atoms with Crippen molar-refractivity contribution >= 4 is 0 Å². The molecule has 2 fully saturated rings. The molecule has 3 aliphatic rings. The summed E-state index contributed by atoms with van der Waals surface area (Å²) in [5, 5.41) is 0. The molecule has 2 saturated heterocycles. The van der Waals surface area contributed by atoms with Crippen LogP contribution in [0.1, 0.15) is 33.7 Å². The van der Waals surface area contributed by atoms with Crippen molar-refractivity contribution < 1.29 is 18.9 Å². The van der Waals surface area contributed by atoms with Crippen molar-refractivity contribution in [3.8, 4) is 11.5 Å². The van der Waals surface area contributed by atoms with Crippen LogP contribution in [0.25, 0.3) is 0 Å². The van der Waals surface area contributed by atoms with E-state index in [0.29, 0.717) is 13.2 Å². The lowest BCUT2D eigenvalue weighted by Gasteiger charge is -2.38. The Labute approximate surface area is 217 Å². The molecule has 2 heterocycles. The summed E-state index contributed by atoms with van der Waals surface area (Å²) in [5.74, 6) is 1.95. The van der Waals surface area contributed by atoms with Crippen molar-refractivity contribution in [3.63, 3.8) is 0 Å². The summed E-state index contributed by atoms with van der Waals surface area (Å²) in [4.78, 5) is 0. The molecule has 4 aromatic rings. The van der Waals surface area contributed by atoms with E-state index < -0.39 is 0 Å². The molecule has 0 saturated carbocycles. The Morgan fingerprint density at radius 1 is 0.622 bits per heavy atom. The van der Waals surface area contributed by atoms with Crippen molar-refractivity contribution in [2.45, 2.75) is 30.0 Å². The highest BCUT2D eigenvalue weighted by Gasteiger charge is 2.49. The van der Waals surface area contributed by atoms with Gasteiger partial charge in [-0.25, -0.2) is 0 Å². The van der Waals surface area contributed by atoms with Crippen LogP contribution in [0.3, 0.4) is 0 Å². The van der Waals surface area contributed by atoms with Gasteiger partial charge in [-0.2, -0.15) is 0 Å². The predicted octanol–water partition coefficient (Wildman–Crippen LogP) is 5.92. The van der Waals surface area contributed by atoms with Crippen molar-refractivity contribution in [1.29, 1.82) is 0 Å². The molecule has 1 aliphatic carbocycles. The molecule has 37 heavy (non-hydrogen) atoms. The number of rotatable bonds is 9. The van der Waals surface area contributed by atoms with E-state index in [1.54, 1.807) is 0 Å². The lowest BCUT2D eigenvalue weighted by atomic mass is 9.64. The highest BCUT2D eigenvalue weighted by Crippen LogP contribution is 2.56. The molecule has 3 atom stereocenters. The largest absolute Gasteiger partial charge is 0.491 e. The lowest BCUT2D eigenvalue weighted by Crippen LogP contribution is -2.33. The van der Waals surface area contributed by atoms with E-state index in [0.717, 1.165) is 31.1 Å². The zero-order chi connectivity index (χ0) is 24.7. The Morgan fingerprint density at radius 3 is 1.68 bits per heavy atom. The SMILES string of the molecule is c1ccc(C2c3ccccc3CC2(c2ccc(OCC3CO3)cc2)c2ccc(OCC3CO3)cc2)cc1. The molecule has 7 rings (SSSR count). The smallest absolute Gasteiger partial charge is 0.119 e. The van der Waals surface area contributed by atoms with Crippen molar-refractivity contribution in [2.75, 3.05) is 26.4 Å². The highest BCUT2D eigenvalue weighted by molar-refractivity contribution is 5.58.